The maximum Gasteiger partial charge on any atom is 0.313 e. The van der Waals surface area contributed by atoms with E-state index >= 15 is 0 Å². The van der Waals surface area contributed by atoms with Crippen molar-refractivity contribution in [1.82, 2.24) is 9.55 Å². The van der Waals surface area contributed by atoms with Crippen LogP contribution in [-0.4, -0.2) is 26.4 Å². The highest BCUT2D eigenvalue weighted by molar-refractivity contribution is 7.99. The van der Waals surface area contributed by atoms with Crippen LogP contribution in [0.3, 0.4) is 0 Å². The number of carboxylic acids is 1. The lowest BCUT2D eigenvalue weighted by Gasteiger charge is -2.12. The first-order valence-electron chi connectivity index (χ1n) is 6.53. The fourth-order valence-corrected chi connectivity index (χ4v) is 3.04. The van der Waals surface area contributed by atoms with Gasteiger partial charge in [0, 0.05) is 17.8 Å². The van der Waals surface area contributed by atoms with E-state index in [2.05, 4.69) is 30.1 Å². The Balaban J connectivity index is 2.11. The van der Waals surface area contributed by atoms with Crippen molar-refractivity contribution in [1.29, 1.82) is 0 Å². The SMILES string of the molecule is Cc1ccc(-n2ccnc2SCC(=O)O)c2ccccc12. The number of thioether (sulfide) groups is 1. The fraction of sp³-hybridized carbons (Fsp3) is 0.125. The quantitative estimate of drug-likeness (QED) is 0.749. The van der Waals surface area contributed by atoms with Crippen molar-refractivity contribution in [3.63, 3.8) is 0 Å². The number of carboxylic acid groups (broad SMARTS) is 1. The molecule has 0 saturated heterocycles. The van der Waals surface area contributed by atoms with Gasteiger partial charge in [0.15, 0.2) is 5.16 Å². The van der Waals surface area contributed by atoms with Crippen molar-refractivity contribution in [2.75, 3.05) is 5.75 Å². The number of benzene rings is 2. The molecule has 0 aliphatic heterocycles. The van der Waals surface area contributed by atoms with Gasteiger partial charge in [-0.25, -0.2) is 4.98 Å². The van der Waals surface area contributed by atoms with Crippen LogP contribution in [0.5, 0.6) is 0 Å². The van der Waals surface area contributed by atoms with E-state index in [4.69, 9.17) is 5.11 Å². The highest BCUT2D eigenvalue weighted by atomic mass is 32.2. The molecule has 0 unspecified atom stereocenters. The molecule has 0 radical (unpaired) electrons. The summed E-state index contributed by atoms with van der Waals surface area (Å²) in [7, 11) is 0. The molecular weight excluding hydrogens is 284 g/mol. The van der Waals surface area contributed by atoms with Crippen molar-refractivity contribution in [3.8, 4) is 5.69 Å². The number of imidazole rings is 1. The van der Waals surface area contributed by atoms with Gasteiger partial charge >= 0.3 is 5.97 Å². The van der Waals surface area contributed by atoms with Gasteiger partial charge in [-0.15, -0.1) is 0 Å². The number of hydrogen-bond acceptors (Lipinski definition) is 3. The summed E-state index contributed by atoms with van der Waals surface area (Å²) in [6.07, 6.45) is 3.56. The largest absolute Gasteiger partial charge is 0.481 e. The Labute approximate surface area is 126 Å². The minimum absolute atomic E-state index is 0.000801. The summed E-state index contributed by atoms with van der Waals surface area (Å²) in [6.45, 7) is 2.08. The van der Waals surface area contributed by atoms with Crippen LogP contribution in [0.25, 0.3) is 16.5 Å². The summed E-state index contributed by atoms with van der Waals surface area (Å²) in [6, 6.07) is 12.3. The molecule has 5 heteroatoms. The zero-order valence-electron chi connectivity index (χ0n) is 11.5. The summed E-state index contributed by atoms with van der Waals surface area (Å²) in [4.78, 5) is 15.0. The molecule has 1 aromatic heterocycles. The van der Waals surface area contributed by atoms with E-state index in [-0.39, 0.29) is 5.75 Å². The van der Waals surface area contributed by atoms with Crippen LogP contribution in [-0.2, 0) is 4.79 Å². The Morgan fingerprint density at radius 2 is 2.00 bits per heavy atom. The van der Waals surface area contributed by atoms with Crippen LogP contribution in [0.1, 0.15) is 5.56 Å². The summed E-state index contributed by atoms with van der Waals surface area (Å²) in [5.74, 6) is -0.843. The van der Waals surface area contributed by atoms with E-state index in [0.717, 1.165) is 11.1 Å². The van der Waals surface area contributed by atoms with Gasteiger partial charge in [0.2, 0.25) is 0 Å². The molecule has 0 amide bonds. The maximum absolute atomic E-state index is 10.7. The Morgan fingerprint density at radius 3 is 2.76 bits per heavy atom. The molecular formula is C16H14N2O2S. The van der Waals surface area contributed by atoms with Gasteiger partial charge in [0.05, 0.1) is 11.4 Å². The molecule has 0 saturated carbocycles. The molecule has 1 N–H and O–H groups in total. The summed E-state index contributed by atoms with van der Waals surface area (Å²) < 4.78 is 1.94. The Hall–Kier alpha value is -2.27. The van der Waals surface area contributed by atoms with Gasteiger partial charge in [-0.3, -0.25) is 9.36 Å². The molecule has 3 rings (SSSR count). The third kappa shape index (κ3) is 2.64. The second-order valence-corrected chi connectivity index (χ2v) is 5.65. The van der Waals surface area contributed by atoms with E-state index in [1.54, 1.807) is 6.20 Å². The van der Waals surface area contributed by atoms with E-state index in [0.29, 0.717) is 5.16 Å². The molecule has 106 valence electrons. The van der Waals surface area contributed by atoms with E-state index in [9.17, 15) is 4.79 Å². The number of nitrogens with zero attached hydrogens (tertiary/aromatic N) is 2. The molecule has 4 nitrogen and oxygen atoms in total. The minimum atomic E-state index is -0.844. The Morgan fingerprint density at radius 1 is 1.24 bits per heavy atom. The summed E-state index contributed by atoms with van der Waals surface area (Å²) in [5, 5.41) is 11.8. The second-order valence-electron chi connectivity index (χ2n) is 4.71. The van der Waals surface area contributed by atoms with Gasteiger partial charge in [-0.05, 0) is 23.9 Å². The lowest BCUT2D eigenvalue weighted by Crippen LogP contribution is -2.02. The first-order chi connectivity index (χ1) is 10.2. The first kappa shape index (κ1) is 13.7. The van der Waals surface area contributed by atoms with Crippen LogP contribution in [0.2, 0.25) is 0 Å². The number of aliphatic carboxylic acids is 1. The second kappa shape index (κ2) is 5.61. The van der Waals surface area contributed by atoms with Crippen molar-refractivity contribution < 1.29 is 9.90 Å². The monoisotopic (exact) mass is 298 g/mol. The fourth-order valence-electron chi connectivity index (χ4n) is 2.35. The molecule has 0 aliphatic carbocycles. The number of hydrogen-bond donors (Lipinski definition) is 1. The molecule has 0 bridgehead atoms. The Bertz CT molecular complexity index is 811. The molecule has 0 aliphatic rings. The number of aryl methyl sites for hydroxylation is 1. The molecule has 21 heavy (non-hydrogen) atoms. The summed E-state index contributed by atoms with van der Waals surface area (Å²) in [5.41, 5.74) is 2.23. The molecule has 1 heterocycles. The standard InChI is InChI=1S/C16H14N2O2S/c1-11-6-7-14(13-5-3-2-4-12(11)13)18-9-8-17-16(18)21-10-15(19)20/h2-9H,10H2,1H3,(H,19,20). The van der Waals surface area contributed by atoms with E-state index < -0.39 is 5.97 Å². The van der Waals surface area contributed by atoms with Crippen molar-refractivity contribution >= 4 is 28.5 Å². The number of fused-ring (bicyclic) bond motifs is 1. The highest BCUT2D eigenvalue weighted by Crippen LogP contribution is 2.28. The molecule has 0 atom stereocenters. The van der Waals surface area contributed by atoms with Gasteiger partial charge in [-0.1, -0.05) is 42.1 Å². The lowest BCUT2D eigenvalue weighted by molar-refractivity contribution is -0.133. The molecule has 3 aromatic rings. The predicted octanol–water partition coefficient (Wildman–Crippen LogP) is 3.51. The average Bonchev–Trinajstić information content (AvgIpc) is 2.94. The zero-order chi connectivity index (χ0) is 14.8. The average molecular weight is 298 g/mol. The summed E-state index contributed by atoms with van der Waals surface area (Å²) >= 11 is 1.22. The third-order valence-corrected chi connectivity index (χ3v) is 4.26. The third-order valence-electron chi connectivity index (χ3n) is 3.31. The molecule has 2 aromatic carbocycles. The van der Waals surface area contributed by atoms with Crippen molar-refractivity contribution in [2.45, 2.75) is 12.1 Å². The smallest absolute Gasteiger partial charge is 0.313 e. The van der Waals surface area contributed by atoms with Crippen LogP contribution in [0.15, 0.2) is 53.9 Å². The van der Waals surface area contributed by atoms with Gasteiger partial charge in [-0.2, -0.15) is 0 Å². The van der Waals surface area contributed by atoms with Crippen molar-refractivity contribution in [3.05, 3.63) is 54.4 Å². The van der Waals surface area contributed by atoms with Gasteiger partial charge in [0.1, 0.15) is 0 Å². The van der Waals surface area contributed by atoms with Gasteiger partial charge in [0.25, 0.3) is 0 Å². The van der Waals surface area contributed by atoms with E-state index in [1.807, 2.05) is 29.0 Å². The van der Waals surface area contributed by atoms with Crippen LogP contribution in [0, 0.1) is 6.92 Å². The lowest BCUT2D eigenvalue weighted by atomic mass is 10.0. The number of aromatic nitrogens is 2. The van der Waals surface area contributed by atoms with E-state index in [1.165, 1.54) is 22.7 Å². The normalized spacial score (nSPS) is 10.9. The Kier molecular flexibility index (Phi) is 3.66. The minimum Gasteiger partial charge on any atom is -0.481 e. The van der Waals surface area contributed by atoms with Gasteiger partial charge < -0.3 is 5.11 Å². The maximum atomic E-state index is 10.7. The van der Waals surface area contributed by atoms with Crippen LogP contribution in [0.4, 0.5) is 0 Å². The van der Waals surface area contributed by atoms with Crippen LogP contribution < -0.4 is 0 Å². The number of carbonyl (C=O) groups is 1. The first-order valence-corrected chi connectivity index (χ1v) is 7.52. The van der Waals surface area contributed by atoms with Crippen LogP contribution >= 0.6 is 11.8 Å². The highest BCUT2D eigenvalue weighted by Gasteiger charge is 2.11. The molecule has 0 spiro atoms. The van der Waals surface area contributed by atoms with Crippen molar-refractivity contribution in [2.24, 2.45) is 0 Å². The zero-order valence-corrected chi connectivity index (χ0v) is 12.3. The molecule has 0 fully saturated rings. The number of rotatable bonds is 4. The topological polar surface area (TPSA) is 55.1 Å². The predicted molar refractivity (Wildman–Crippen MR) is 84.2 cm³/mol.